The minimum atomic E-state index is -1.14. The number of carbonyl (C=O) groups excluding carboxylic acids is 2. The first-order chi connectivity index (χ1) is 11.3. The molecule has 2 N–H and O–H groups in total. The van der Waals surface area contributed by atoms with Crippen molar-refractivity contribution in [1.82, 2.24) is 0 Å². The SMILES string of the molecule is O=C1c2c(cccc2[N+](=O)[O-])C(=O)c2c(O)c(O)cc([N+](=O)[O-])c21.[Cu]. The van der Waals surface area contributed by atoms with E-state index in [9.17, 15) is 40.0 Å². The molecule has 1 aliphatic carbocycles. The summed E-state index contributed by atoms with van der Waals surface area (Å²) in [5.41, 5.74) is -4.12. The quantitative estimate of drug-likeness (QED) is 0.287. The molecular formula is C14H6CuN2O8. The van der Waals surface area contributed by atoms with Gasteiger partial charge >= 0.3 is 0 Å². The Kier molecular flexibility index (Phi) is 4.30. The molecule has 0 aliphatic heterocycles. The van der Waals surface area contributed by atoms with Crippen molar-refractivity contribution < 1.29 is 46.7 Å². The van der Waals surface area contributed by atoms with Gasteiger partial charge in [-0.25, -0.2) is 0 Å². The number of nitro groups is 2. The Hall–Kier alpha value is -3.30. The first-order valence-electron chi connectivity index (χ1n) is 6.35. The molecule has 0 saturated heterocycles. The van der Waals surface area contributed by atoms with Gasteiger partial charge in [0.1, 0.15) is 11.1 Å². The predicted octanol–water partition coefficient (Wildman–Crippen LogP) is 1.69. The van der Waals surface area contributed by atoms with Crippen LogP contribution in [0.3, 0.4) is 0 Å². The molecule has 0 spiro atoms. The monoisotopic (exact) mass is 393 g/mol. The van der Waals surface area contributed by atoms with E-state index < -0.39 is 61.0 Å². The van der Waals surface area contributed by atoms with Crippen LogP contribution in [0, 0.1) is 20.2 Å². The van der Waals surface area contributed by atoms with Gasteiger partial charge in [-0.15, -0.1) is 0 Å². The molecule has 25 heavy (non-hydrogen) atoms. The van der Waals surface area contributed by atoms with E-state index in [2.05, 4.69) is 0 Å². The Morgan fingerprint density at radius 2 is 1.44 bits per heavy atom. The summed E-state index contributed by atoms with van der Waals surface area (Å²) in [6, 6.07) is 3.79. The maximum absolute atomic E-state index is 12.6. The van der Waals surface area contributed by atoms with Crippen molar-refractivity contribution in [2.75, 3.05) is 0 Å². The number of fused-ring (bicyclic) bond motifs is 2. The molecule has 0 amide bonds. The molecule has 0 unspecified atom stereocenters. The zero-order chi connectivity index (χ0) is 17.8. The van der Waals surface area contributed by atoms with Gasteiger partial charge < -0.3 is 10.2 Å². The van der Waals surface area contributed by atoms with Gasteiger partial charge in [-0.3, -0.25) is 29.8 Å². The van der Waals surface area contributed by atoms with E-state index in [0.29, 0.717) is 6.07 Å². The molecule has 0 fully saturated rings. The number of carbonyl (C=O) groups is 2. The molecule has 1 aliphatic rings. The van der Waals surface area contributed by atoms with Gasteiger partial charge in [0, 0.05) is 28.7 Å². The van der Waals surface area contributed by atoms with Crippen LogP contribution in [0.4, 0.5) is 11.4 Å². The summed E-state index contributed by atoms with van der Waals surface area (Å²) < 4.78 is 0. The first-order valence-corrected chi connectivity index (χ1v) is 6.35. The number of aromatic hydroxyl groups is 2. The van der Waals surface area contributed by atoms with Crippen LogP contribution in [-0.4, -0.2) is 31.6 Å². The van der Waals surface area contributed by atoms with Crippen molar-refractivity contribution in [3.63, 3.8) is 0 Å². The fraction of sp³-hybridized carbons (Fsp3) is 0. The Bertz CT molecular complexity index is 985. The number of benzene rings is 2. The molecule has 0 saturated carbocycles. The predicted molar refractivity (Wildman–Crippen MR) is 76.4 cm³/mol. The second-order valence-corrected chi connectivity index (χ2v) is 4.89. The summed E-state index contributed by atoms with van der Waals surface area (Å²) in [5.74, 6) is -4.12. The normalized spacial score (nSPS) is 12.0. The van der Waals surface area contributed by atoms with Crippen LogP contribution in [-0.2, 0) is 17.1 Å². The summed E-state index contributed by atoms with van der Waals surface area (Å²) in [5, 5.41) is 41.7. The van der Waals surface area contributed by atoms with Crippen LogP contribution < -0.4 is 0 Å². The summed E-state index contributed by atoms with van der Waals surface area (Å²) in [7, 11) is 0. The molecule has 11 heteroatoms. The zero-order valence-corrected chi connectivity index (χ0v) is 12.8. The molecule has 1 radical (unpaired) electrons. The molecule has 0 aromatic heterocycles. The topological polar surface area (TPSA) is 161 Å². The van der Waals surface area contributed by atoms with E-state index >= 15 is 0 Å². The molecule has 2 aromatic rings. The van der Waals surface area contributed by atoms with E-state index in [4.69, 9.17) is 0 Å². The largest absolute Gasteiger partial charge is 0.504 e. The Balaban J connectivity index is 0.00000225. The third-order valence-corrected chi connectivity index (χ3v) is 3.62. The van der Waals surface area contributed by atoms with E-state index in [0.717, 1.165) is 12.1 Å². The number of phenols is 2. The third-order valence-electron chi connectivity index (χ3n) is 3.62. The maximum atomic E-state index is 12.6. The molecule has 0 bridgehead atoms. The summed E-state index contributed by atoms with van der Waals surface area (Å²) in [4.78, 5) is 45.4. The minimum Gasteiger partial charge on any atom is -0.504 e. The van der Waals surface area contributed by atoms with Crippen molar-refractivity contribution in [3.05, 3.63) is 66.7 Å². The zero-order valence-electron chi connectivity index (χ0n) is 11.8. The molecule has 2 aromatic carbocycles. The van der Waals surface area contributed by atoms with Crippen molar-refractivity contribution in [3.8, 4) is 11.5 Å². The van der Waals surface area contributed by atoms with Gasteiger partial charge in [-0.2, -0.15) is 0 Å². The van der Waals surface area contributed by atoms with Gasteiger partial charge in [-0.1, -0.05) is 6.07 Å². The number of nitro benzene ring substituents is 2. The molecule has 0 atom stereocenters. The summed E-state index contributed by atoms with van der Waals surface area (Å²) in [6.07, 6.45) is 0. The van der Waals surface area contributed by atoms with Gasteiger partial charge in [0.15, 0.2) is 17.3 Å². The standard InChI is InChI=1S/C14H6N2O8.Cu/c17-8-4-7(16(23)24)10-11(13(8)19)12(18)5-2-1-3-6(15(21)22)9(5)14(10)20;/h1-4,17,19H;. The second-order valence-electron chi connectivity index (χ2n) is 4.89. The molecular weight excluding hydrogens is 388 g/mol. The summed E-state index contributed by atoms with van der Waals surface area (Å²) >= 11 is 0. The fourth-order valence-electron chi connectivity index (χ4n) is 2.62. The van der Waals surface area contributed by atoms with Crippen LogP contribution in [0.5, 0.6) is 11.5 Å². The number of rotatable bonds is 2. The van der Waals surface area contributed by atoms with Gasteiger partial charge in [0.25, 0.3) is 11.4 Å². The maximum Gasteiger partial charge on any atom is 0.285 e. The number of hydrogen-bond donors (Lipinski definition) is 2. The number of hydrogen-bond acceptors (Lipinski definition) is 8. The van der Waals surface area contributed by atoms with Crippen LogP contribution >= 0.6 is 0 Å². The van der Waals surface area contributed by atoms with Crippen LogP contribution in [0.25, 0.3) is 0 Å². The van der Waals surface area contributed by atoms with E-state index in [-0.39, 0.29) is 22.6 Å². The van der Waals surface area contributed by atoms with Crippen LogP contribution in [0.2, 0.25) is 0 Å². The summed E-state index contributed by atoms with van der Waals surface area (Å²) in [6.45, 7) is 0. The Morgan fingerprint density at radius 3 is 2.00 bits per heavy atom. The number of ketones is 2. The average molecular weight is 394 g/mol. The minimum absolute atomic E-state index is 0. The van der Waals surface area contributed by atoms with Crippen molar-refractivity contribution in [1.29, 1.82) is 0 Å². The molecule has 0 heterocycles. The smallest absolute Gasteiger partial charge is 0.285 e. The number of nitrogens with zero attached hydrogens (tertiary/aromatic N) is 2. The fourth-order valence-corrected chi connectivity index (χ4v) is 2.62. The van der Waals surface area contributed by atoms with Crippen molar-refractivity contribution in [2.24, 2.45) is 0 Å². The first kappa shape index (κ1) is 18.0. The van der Waals surface area contributed by atoms with E-state index in [1.54, 1.807) is 0 Å². The van der Waals surface area contributed by atoms with Gasteiger partial charge in [0.05, 0.1) is 21.5 Å². The van der Waals surface area contributed by atoms with E-state index in [1.165, 1.54) is 6.07 Å². The molecule has 3 rings (SSSR count). The van der Waals surface area contributed by atoms with Crippen LogP contribution in [0.15, 0.2) is 24.3 Å². The van der Waals surface area contributed by atoms with Crippen molar-refractivity contribution in [2.45, 2.75) is 0 Å². The average Bonchev–Trinajstić information content (AvgIpc) is 2.53. The molecule has 131 valence electrons. The Labute approximate surface area is 148 Å². The Morgan fingerprint density at radius 1 is 0.840 bits per heavy atom. The van der Waals surface area contributed by atoms with E-state index in [1.807, 2.05) is 0 Å². The van der Waals surface area contributed by atoms with Gasteiger partial charge in [0.2, 0.25) is 5.78 Å². The number of phenolic OH excluding ortho intramolecular Hbond substituents is 2. The second kappa shape index (κ2) is 5.96. The third kappa shape index (κ3) is 2.42. The van der Waals surface area contributed by atoms with Crippen LogP contribution in [0.1, 0.15) is 31.8 Å². The van der Waals surface area contributed by atoms with Gasteiger partial charge in [-0.05, 0) is 6.07 Å². The molecule has 10 nitrogen and oxygen atoms in total. The van der Waals surface area contributed by atoms with Crippen molar-refractivity contribution >= 4 is 22.9 Å².